The van der Waals surface area contributed by atoms with Crippen molar-refractivity contribution < 1.29 is 4.74 Å². The molecular formula is C12H23NO. The van der Waals surface area contributed by atoms with E-state index in [2.05, 4.69) is 19.2 Å². The van der Waals surface area contributed by atoms with Gasteiger partial charge in [-0.15, -0.1) is 0 Å². The Hall–Kier alpha value is -0.0800. The molecule has 2 saturated heterocycles. The standard InChI is InChI=1S/C12H23NO/c1-12(2)8-11(9-13-12)7-10-3-5-14-6-4-10/h10-11,13H,3-9H2,1-2H3. The van der Waals surface area contributed by atoms with Crippen molar-refractivity contribution in [1.82, 2.24) is 5.32 Å². The molecular weight excluding hydrogens is 174 g/mol. The summed E-state index contributed by atoms with van der Waals surface area (Å²) in [4.78, 5) is 0. The predicted octanol–water partition coefficient (Wildman–Crippen LogP) is 2.19. The molecule has 2 fully saturated rings. The normalized spacial score (nSPS) is 33.4. The van der Waals surface area contributed by atoms with Gasteiger partial charge in [0.25, 0.3) is 0 Å². The zero-order valence-electron chi connectivity index (χ0n) is 9.51. The van der Waals surface area contributed by atoms with Crippen molar-refractivity contribution in [3.8, 4) is 0 Å². The fourth-order valence-electron chi connectivity index (χ4n) is 2.91. The van der Waals surface area contributed by atoms with Crippen LogP contribution in [-0.4, -0.2) is 25.3 Å². The molecule has 0 bridgehead atoms. The molecule has 0 amide bonds. The Morgan fingerprint density at radius 2 is 1.93 bits per heavy atom. The van der Waals surface area contributed by atoms with Gasteiger partial charge in [-0.25, -0.2) is 0 Å². The highest BCUT2D eigenvalue weighted by atomic mass is 16.5. The lowest BCUT2D eigenvalue weighted by atomic mass is 9.86. The summed E-state index contributed by atoms with van der Waals surface area (Å²) in [5.74, 6) is 1.84. The molecule has 2 nitrogen and oxygen atoms in total. The van der Waals surface area contributed by atoms with E-state index in [1.54, 1.807) is 0 Å². The molecule has 2 heteroatoms. The highest BCUT2D eigenvalue weighted by molar-refractivity contribution is 4.90. The SMILES string of the molecule is CC1(C)CC(CC2CCOCC2)CN1. The van der Waals surface area contributed by atoms with E-state index in [9.17, 15) is 0 Å². The summed E-state index contributed by atoms with van der Waals surface area (Å²) >= 11 is 0. The van der Waals surface area contributed by atoms with Crippen molar-refractivity contribution in [3.05, 3.63) is 0 Å². The minimum atomic E-state index is 0.385. The lowest BCUT2D eigenvalue weighted by Crippen LogP contribution is -2.31. The summed E-state index contributed by atoms with van der Waals surface area (Å²) in [6, 6.07) is 0. The molecule has 0 aliphatic carbocycles. The Kier molecular flexibility index (Phi) is 3.13. The van der Waals surface area contributed by atoms with E-state index < -0.39 is 0 Å². The van der Waals surface area contributed by atoms with E-state index in [-0.39, 0.29) is 0 Å². The molecule has 0 aromatic heterocycles. The molecule has 0 spiro atoms. The van der Waals surface area contributed by atoms with Gasteiger partial charge >= 0.3 is 0 Å². The smallest absolute Gasteiger partial charge is 0.0468 e. The summed E-state index contributed by atoms with van der Waals surface area (Å²) < 4.78 is 5.39. The van der Waals surface area contributed by atoms with Crippen molar-refractivity contribution >= 4 is 0 Å². The minimum Gasteiger partial charge on any atom is -0.381 e. The average molecular weight is 197 g/mol. The molecule has 0 aromatic carbocycles. The molecule has 2 aliphatic heterocycles. The van der Waals surface area contributed by atoms with Crippen LogP contribution in [0.25, 0.3) is 0 Å². The fraction of sp³-hybridized carbons (Fsp3) is 1.00. The molecule has 0 saturated carbocycles. The van der Waals surface area contributed by atoms with E-state index in [0.717, 1.165) is 25.0 Å². The van der Waals surface area contributed by atoms with Gasteiger partial charge in [-0.3, -0.25) is 0 Å². The Morgan fingerprint density at radius 1 is 1.21 bits per heavy atom. The largest absolute Gasteiger partial charge is 0.381 e. The Bertz CT molecular complexity index is 185. The summed E-state index contributed by atoms with van der Waals surface area (Å²) in [6.45, 7) is 7.85. The second kappa shape index (κ2) is 4.19. The van der Waals surface area contributed by atoms with Crippen LogP contribution < -0.4 is 5.32 Å². The van der Waals surface area contributed by atoms with Crippen molar-refractivity contribution in [2.75, 3.05) is 19.8 Å². The third kappa shape index (κ3) is 2.71. The van der Waals surface area contributed by atoms with Gasteiger partial charge in [-0.05, 0) is 57.9 Å². The van der Waals surface area contributed by atoms with Gasteiger partial charge in [0.2, 0.25) is 0 Å². The predicted molar refractivity (Wildman–Crippen MR) is 58.3 cm³/mol. The molecule has 82 valence electrons. The zero-order valence-corrected chi connectivity index (χ0v) is 9.51. The van der Waals surface area contributed by atoms with E-state index in [0.29, 0.717) is 5.54 Å². The van der Waals surface area contributed by atoms with Gasteiger partial charge in [0.1, 0.15) is 0 Å². The molecule has 1 unspecified atom stereocenters. The van der Waals surface area contributed by atoms with Gasteiger partial charge in [-0.2, -0.15) is 0 Å². The van der Waals surface area contributed by atoms with E-state index in [1.807, 2.05) is 0 Å². The van der Waals surface area contributed by atoms with Crippen LogP contribution in [0.15, 0.2) is 0 Å². The highest BCUT2D eigenvalue weighted by Crippen LogP contribution is 2.31. The molecule has 14 heavy (non-hydrogen) atoms. The van der Waals surface area contributed by atoms with Crippen LogP contribution in [0.4, 0.5) is 0 Å². The first-order valence-electron chi connectivity index (χ1n) is 5.98. The maximum Gasteiger partial charge on any atom is 0.0468 e. The lowest BCUT2D eigenvalue weighted by Gasteiger charge is -2.24. The Labute approximate surface area is 87.4 Å². The van der Waals surface area contributed by atoms with Gasteiger partial charge in [-0.1, -0.05) is 0 Å². The number of hydrogen-bond donors (Lipinski definition) is 1. The van der Waals surface area contributed by atoms with Crippen LogP contribution in [0.3, 0.4) is 0 Å². The van der Waals surface area contributed by atoms with Gasteiger partial charge in [0.05, 0.1) is 0 Å². The second-order valence-corrected chi connectivity index (χ2v) is 5.63. The first kappa shape index (κ1) is 10.4. The third-order valence-electron chi connectivity index (χ3n) is 3.68. The summed E-state index contributed by atoms with van der Waals surface area (Å²) in [6.07, 6.45) is 5.35. The van der Waals surface area contributed by atoms with Crippen molar-refractivity contribution in [2.24, 2.45) is 11.8 Å². The van der Waals surface area contributed by atoms with Gasteiger partial charge in [0, 0.05) is 18.8 Å². The molecule has 2 rings (SSSR count). The van der Waals surface area contributed by atoms with Gasteiger partial charge in [0.15, 0.2) is 0 Å². The number of rotatable bonds is 2. The number of hydrogen-bond acceptors (Lipinski definition) is 2. The minimum absolute atomic E-state index is 0.385. The molecule has 1 N–H and O–H groups in total. The monoisotopic (exact) mass is 197 g/mol. The van der Waals surface area contributed by atoms with Crippen LogP contribution >= 0.6 is 0 Å². The van der Waals surface area contributed by atoms with Crippen LogP contribution in [-0.2, 0) is 4.74 Å². The third-order valence-corrected chi connectivity index (χ3v) is 3.68. The van der Waals surface area contributed by atoms with E-state index >= 15 is 0 Å². The maximum atomic E-state index is 5.39. The van der Waals surface area contributed by atoms with Crippen LogP contribution in [0.1, 0.15) is 39.5 Å². The van der Waals surface area contributed by atoms with Crippen molar-refractivity contribution in [1.29, 1.82) is 0 Å². The Morgan fingerprint density at radius 3 is 2.50 bits per heavy atom. The summed E-state index contributed by atoms with van der Waals surface area (Å²) in [5.41, 5.74) is 0.385. The maximum absolute atomic E-state index is 5.39. The topological polar surface area (TPSA) is 21.3 Å². The van der Waals surface area contributed by atoms with Crippen molar-refractivity contribution in [3.63, 3.8) is 0 Å². The molecule has 0 aromatic rings. The number of ether oxygens (including phenoxy) is 1. The molecule has 0 radical (unpaired) electrons. The molecule has 2 heterocycles. The molecule has 1 atom stereocenters. The summed E-state index contributed by atoms with van der Waals surface area (Å²) in [5, 5.41) is 3.60. The van der Waals surface area contributed by atoms with Gasteiger partial charge < -0.3 is 10.1 Å². The Balaban J connectivity index is 1.75. The number of nitrogens with one attached hydrogen (secondary N) is 1. The average Bonchev–Trinajstić information content (AvgIpc) is 2.47. The van der Waals surface area contributed by atoms with E-state index in [4.69, 9.17) is 4.74 Å². The quantitative estimate of drug-likeness (QED) is 0.732. The van der Waals surface area contributed by atoms with E-state index in [1.165, 1.54) is 32.2 Å². The zero-order chi connectivity index (χ0) is 10.0. The van der Waals surface area contributed by atoms with Crippen molar-refractivity contribution in [2.45, 2.75) is 45.1 Å². The summed E-state index contributed by atoms with van der Waals surface area (Å²) in [7, 11) is 0. The molecule has 2 aliphatic rings. The fourth-order valence-corrected chi connectivity index (χ4v) is 2.91. The highest BCUT2D eigenvalue weighted by Gasteiger charge is 2.31. The lowest BCUT2D eigenvalue weighted by molar-refractivity contribution is 0.0592. The van der Waals surface area contributed by atoms with Crippen LogP contribution in [0, 0.1) is 11.8 Å². The first-order chi connectivity index (χ1) is 6.66. The first-order valence-corrected chi connectivity index (χ1v) is 5.98. The van der Waals surface area contributed by atoms with Crippen LogP contribution in [0.2, 0.25) is 0 Å². The van der Waals surface area contributed by atoms with Crippen LogP contribution in [0.5, 0.6) is 0 Å². The second-order valence-electron chi connectivity index (χ2n) is 5.63.